The minimum atomic E-state index is -1.05. The number of hydrogen-bond acceptors (Lipinski definition) is 7. The summed E-state index contributed by atoms with van der Waals surface area (Å²) in [7, 11) is 1.25. The second kappa shape index (κ2) is 18.2. The van der Waals surface area contributed by atoms with Gasteiger partial charge in [-0.05, 0) is 96.1 Å². The summed E-state index contributed by atoms with van der Waals surface area (Å²) in [5, 5.41) is 13.6. The van der Waals surface area contributed by atoms with E-state index in [2.05, 4.69) is 39.9 Å². The second-order valence-corrected chi connectivity index (χ2v) is 15.5. The molecule has 0 saturated heterocycles. The van der Waals surface area contributed by atoms with E-state index in [1.807, 2.05) is 13.8 Å². The maximum absolute atomic E-state index is 12.3. The zero-order valence-corrected chi connectivity index (χ0v) is 30.9. The molecule has 2 N–H and O–H groups in total. The van der Waals surface area contributed by atoms with Crippen LogP contribution in [0, 0.1) is 31.6 Å². The van der Waals surface area contributed by atoms with Crippen molar-refractivity contribution in [1.29, 1.82) is 0 Å². The number of carbonyl (C=O) groups excluding carboxylic acids is 2. The number of benzene rings is 1. The summed E-state index contributed by atoms with van der Waals surface area (Å²) in [6.45, 7) is 20.7. The van der Waals surface area contributed by atoms with Crippen molar-refractivity contribution in [2.45, 2.75) is 164 Å². The van der Waals surface area contributed by atoms with Gasteiger partial charge in [0.15, 0.2) is 6.04 Å². The number of phenolic OH excluding ortho intramolecular Hbond substituents is 1. The summed E-state index contributed by atoms with van der Waals surface area (Å²) >= 11 is 0. The summed E-state index contributed by atoms with van der Waals surface area (Å²) in [6, 6.07) is -1.05. The van der Waals surface area contributed by atoms with Crippen molar-refractivity contribution in [3.05, 3.63) is 22.3 Å². The summed E-state index contributed by atoms with van der Waals surface area (Å²) in [6.07, 6.45) is 12.2. The maximum Gasteiger partial charge on any atom is 0.408 e. The third kappa shape index (κ3) is 13.0. The Kier molecular flexibility index (Phi) is 15.7. The molecule has 0 saturated carbocycles. The van der Waals surface area contributed by atoms with E-state index in [0.29, 0.717) is 11.5 Å². The summed E-state index contributed by atoms with van der Waals surface area (Å²) < 4.78 is 22.8. The molecule has 46 heavy (non-hydrogen) atoms. The summed E-state index contributed by atoms with van der Waals surface area (Å²) in [4.78, 5) is 24.6. The van der Waals surface area contributed by atoms with Crippen molar-refractivity contribution in [3.63, 3.8) is 0 Å². The third-order valence-corrected chi connectivity index (χ3v) is 9.42. The van der Waals surface area contributed by atoms with Crippen LogP contribution in [0.15, 0.2) is 0 Å². The SMILES string of the molecule is COC(=O)[C@@H](COCc1c(O)c(C)c(C)c2c1CC[C@@](C)(CCC[C@H](C)CCC[C@H](C)CCCC(C)C)O2)NC(=O)OC(C)(C)C. The van der Waals surface area contributed by atoms with Crippen molar-refractivity contribution < 1.29 is 33.6 Å². The van der Waals surface area contributed by atoms with Gasteiger partial charge in [0.25, 0.3) is 0 Å². The van der Waals surface area contributed by atoms with Crippen LogP contribution in [0.2, 0.25) is 0 Å². The van der Waals surface area contributed by atoms with Gasteiger partial charge < -0.3 is 29.4 Å². The molecular formula is C38H65NO7. The van der Waals surface area contributed by atoms with Gasteiger partial charge >= 0.3 is 12.1 Å². The number of hydrogen-bond donors (Lipinski definition) is 2. The lowest BCUT2D eigenvalue weighted by atomic mass is 9.83. The Hall–Kier alpha value is -2.48. The Morgan fingerprint density at radius 2 is 1.54 bits per heavy atom. The molecule has 2 rings (SSSR count). The zero-order valence-electron chi connectivity index (χ0n) is 30.9. The average molecular weight is 648 g/mol. The second-order valence-electron chi connectivity index (χ2n) is 15.5. The van der Waals surface area contributed by atoms with E-state index in [-0.39, 0.29) is 24.6 Å². The first-order chi connectivity index (χ1) is 21.5. The number of methoxy groups -OCH3 is 1. The van der Waals surface area contributed by atoms with Gasteiger partial charge in [0.2, 0.25) is 0 Å². The van der Waals surface area contributed by atoms with Crippen molar-refractivity contribution in [3.8, 4) is 11.5 Å². The van der Waals surface area contributed by atoms with E-state index in [1.165, 1.54) is 52.1 Å². The number of fused-ring (bicyclic) bond motifs is 1. The molecule has 1 aromatic rings. The Morgan fingerprint density at radius 3 is 2.11 bits per heavy atom. The molecule has 0 fully saturated rings. The van der Waals surface area contributed by atoms with Crippen LogP contribution in [-0.2, 0) is 32.0 Å². The van der Waals surface area contributed by atoms with Crippen LogP contribution < -0.4 is 10.1 Å². The fourth-order valence-electron chi connectivity index (χ4n) is 6.34. The normalized spacial score (nSPS) is 18.3. The fourth-order valence-corrected chi connectivity index (χ4v) is 6.34. The van der Waals surface area contributed by atoms with Crippen molar-refractivity contribution >= 4 is 12.1 Å². The molecule has 0 aromatic heterocycles. The molecule has 1 aliphatic rings. The predicted molar refractivity (Wildman–Crippen MR) is 184 cm³/mol. The molecule has 8 heteroatoms. The van der Waals surface area contributed by atoms with Crippen molar-refractivity contribution in [1.82, 2.24) is 5.32 Å². The molecule has 1 amide bonds. The average Bonchev–Trinajstić information content (AvgIpc) is 2.95. The molecule has 0 bridgehead atoms. The minimum Gasteiger partial charge on any atom is -0.507 e. The molecule has 0 aliphatic carbocycles. The number of nitrogens with one attached hydrogen (secondary N) is 1. The fraction of sp³-hybridized carbons (Fsp3) is 0.789. The first-order valence-electron chi connectivity index (χ1n) is 17.6. The van der Waals surface area contributed by atoms with E-state index in [9.17, 15) is 14.7 Å². The molecule has 8 nitrogen and oxygen atoms in total. The Balaban J connectivity index is 1.96. The number of carbonyl (C=O) groups is 2. The van der Waals surface area contributed by atoms with Crippen molar-refractivity contribution in [2.75, 3.05) is 13.7 Å². The third-order valence-electron chi connectivity index (χ3n) is 9.42. The van der Waals surface area contributed by atoms with Gasteiger partial charge in [-0.2, -0.15) is 0 Å². The molecule has 1 aliphatic heterocycles. The van der Waals surface area contributed by atoms with E-state index in [4.69, 9.17) is 18.9 Å². The van der Waals surface area contributed by atoms with Crippen LogP contribution in [0.1, 0.15) is 142 Å². The molecule has 1 aromatic carbocycles. The summed E-state index contributed by atoms with van der Waals surface area (Å²) in [5.74, 6) is 2.72. The van der Waals surface area contributed by atoms with Crippen LogP contribution in [0.3, 0.4) is 0 Å². The molecule has 0 spiro atoms. The quantitative estimate of drug-likeness (QED) is 0.153. The van der Waals surface area contributed by atoms with Crippen LogP contribution in [0.4, 0.5) is 4.79 Å². The molecule has 1 heterocycles. The molecule has 4 atom stereocenters. The highest BCUT2D eigenvalue weighted by Crippen LogP contribution is 2.45. The first kappa shape index (κ1) is 39.7. The zero-order chi connectivity index (χ0) is 34.7. The topological polar surface area (TPSA) is 103 Å². The van der Waals surface area contributed by atoms with E-state index < -0.39 is 23.7 Å². The van der Waals surface area contributed by atoms with Gasteiger partial charge in [-0.15, -0.1) is 0 Å². The number of amides is 1. The standard InChI is InChI=1S/C38H65NO7/c1-25(2)15-12-16-26(3)17-13-18-27(4)19-14-21-38(10)22-20-30-31(33(40)28(5)29(6)34(30)45-38)23-44-24-32(35(41)43-11)39-36(42)46-37(7,8)9/h25-27,32,40H,12-24H2,1-11H3,(H,39,42)/t26-,27-,32-,38-/m1/s1. The van der Waals surface area contributed by atoms with Crippen molar-refractivity contribution in [2.24, 2.45) is 17.8 Å². The van der Waals surface area contributed by atoms with Gasteiger partial charge in [0.05, 0.1) is 20.3 Å². The van der Waals surface area contributed by atoms with Crippen LogP contribution in [-0.4, -0.2) is 48.1 Å². The lowest BCUT2D eigenvalue weighted by molar-refractivity contribution is -0.145. The lowest BCUT2D eigenvalue weighted by Gasteiger charge is -2.38. The largest absolute Gasteiger partial charge is 0.507 e. The number of esters is 1. The summed E-state index contributed by atoms with van der Waals surface area (Å²) in [5.41, 5.74) is 2.32. The van der Waals surface area contributed by atoms with Gasteiger partial charge in [0.1, 0.15) is 22.7 Å². The van der Waals surface area contributed by atoms with E-state index in [0.717, 1.165) is 60.0 Å². The smallest absolute Gasteiger partial charge is 0.408 e. The van der Waals surface area contributed by atoms with Gasteiger partial charge in [-0.3, -0.25) is 0 Å². The van der Waals surface area contributed by atoms with Crippen LogP contribution in [0.5, 0.6) is 11.5 Å². The minimum absolute atomic E-state index is 0.0622. The highest BCUT2D eigenvalue weighted by atomic mass is 16.6. The number of phenols is 1. The maximum atomic E-state index is 12.3. The number of alkyl carbamates (subject to hydrolysis) is 1. The van der Waals surface area contributed by atoms with E-state index in [1.54, 1.807) is 20.8 Å². The van der Waals surface area contributed by atoms with Gasteiger partial charge in [-0.1, -0.05) is 72.6 Å². The molecule has 0 radical (unpaired) electrons. The highest BCUT2D eigenvalue weighted by molar-refractivity contribution is 5.81. The van der Waals surface area contributed by atoms with Gasteiger partial charge in [-0.25, -0.2) is 9.59 Å². The highest BCUT2D eigenvalue weighted by Gasteiger charge is 2.35. The van der Waals surface area contributed by atoms with Crippen LogP contribution in [0.25, 0.3) is 0 Å². The Morgan fingerprint density at radius 1 is 0.957 bits per heavy atom. The molecular weight excluding hydrogens is 582 g/mol. The van der Waals surface area contributed by atoms with Gasteiger partial charge in [0, 0.05) is 11.1 Å². The number of aromatic hydroxyl groups is 1. The lowest BCUT2D eigenvalue weighted by Crippen LogP contribution is -2.46. The molecule has 0 unspecified atom stereocenters. The Bertz CT molecular complexity index is 1130. The van der Waals surface area contributed by atoms with Crippen LogP contribution >= 0.6 is 0 Å². The number of ether oxygens (including phenoxy) is 4. The Labute approximate surface area is 279 Å². The monoisotopic (exact) mass is 647 g/mol. The van der Waals surface area contributed by atoms with E-state index >= 15 is 0 Å². The molecule has 264 valence electrons. The first-order valence-corrected chi connectivity index (χ1v) is 17.6. The number of rotatable bonds is 18. The predicted octanol–water partition coefficient (Wildman–Crippen LogP) is 9.11.